The molecule has 0 saturated carbocycles. The zero-order valence-electron chi connectivity index (χ0n) is 10.7. The van der Waals surface area contributed by atoms with Crippen molar-refractivity contribution in [1.29, 1.82) is 0 Å². The van der Waals surface area contributed by atoms with Crippen molar-refractivity contribution in [3.05, 3.63) is 29.8 Å². The number of hydrogen-bond acceptors (Lipinski definition) is 3. The second-order valence-corrected chi connectivity index (χ2v) is 4.57. The summed E-state index contributed by atoms with van der Waals surface area (Å²) < 4.78 is 5.08. The van der Waals surface area contributed by atoms with Gasteiger partial charge in [-0.3, -0.25) is 4.79 Å². The molecule has 0 aromatic heterocycles. The van der Waals surface area contributed by atoms with E-state index in [1.165, 1.54) is 4.90 Å². The van der Waals surface area contributed by atoms with Crippen molar-refractivity contribution in [3.63, 3.8) is 0 Å². The zero-order valence-corrected chi connectivity index (χ0v) is 10.7. The molecule has 0 fully saturated rings. The summed E-state index contributed by atoms with van der Waals surface area (Å²) in [5.41, 5.74) is -0.0338. The van der Waals surface area contributed by atoms with Crippen LogP contribution in [0, 0.1) is 0 Å². The van der Waals surface area contributed by atoms with E-state index in [1.54, 1.807) is 38.4 Å². The van der Waals surface area contributed by atoms with Crippen LogP contribution in [0.2, 0.25) is 0 Å². The summed E-state index contributed by atoms with van der Waals surface area (Å²) in [6.45, 7) is 3.54. The predicted molar refractivity (Wildman–Crippen MR) is 66.3 cm³/mol. The second kappa shape index (κ2) is 5.19. The first-order valence-electron chi connectivity index (χ1n) is 5.45. The number of benzene rings is 1. The molecule has 0 bridgehead atoms. The fraction of sp³-hybridized carbons (Fsp3) is 0.462. The first-order valence-corrected chi connectivity index (χ1v) is 5.45. The Labute approximate surface area is 102 Å². The Bertz CT molecular complexity index is 401. The number of likely N-dealkylation sites (N-methyl/N-ethyl adjacent to an activating group) is 1. The van der Waals surface area contributed by atoms with Crippen molar-refractivity contribution in [2.75, 3.05) is 20.8 Å². The maximum atomic E-state index is 12.2. The van der Waals surface area contributed by atoms with E-state index < -0.39 is 5.54 Å². The fourth-order valence-electron chi connectivity index (χ4n) is 1.33. The molecule has 4 nitrogen and oxygen atoms in total. The van der Waals surface area contributed by atoms with Gasteiger partial charge in [-0.15, -0.1) is 0 Å². The number of rotatable bonds is 4. The Morgan fingerprint density at radius 2 is 2.12 bits per heavy atom. The summed E-state index contributed by atoms with van der Waals surface area (Å²) in [7, 11) is 3.24. The molecule has 0 aliphatic heterocycles. The van der Waals surface area contributed by atoms with Crippen LogP contribution in [0.5, 0.6) is 5.75 Å². The van der Waals surface area contributed by atoms with Crippen LogP contribution < -0.4 is 4.74 Å². The van der Waals surface area contributed by atoms with Gasteiger partial charge in [-0.2, -0.15) is 0 Å². The van der Waals surface area contributed by atoms with E-state index in [0.29, 0.717) is 11.3 Å². The van der Waals surface area contributed by atoms with Crippen molar-refractivity contribution >= 4 is 5.91 Å². The van der Waals surface area contributed by atoms with Crippen LogP contribution in [0.15, 0.2) is 24.3 Å². The van der Waals surface area contributed by atoms with E-state index in [1.807, 2.05) is 13.8 Å². The van der Waals surface area contributed by atoms with Crippen LogP contribution in [0.3, 0.4) is 0 Å². The van der Waals surface area contributed by atoms with Gasteiger partial charge in [-0.05, 0) is 32.0 Å². The fourth-order valence-corrected chi connectivity index (χ4v) is 1.33. The molecule has 0 spiro atoms. The highest BCUT2D eigenvalue weighted by molar-refractivity contribution is 5.94. The van der Waals surface area contributed by atoms with E-state index in [4.69, 9.17) is 4.74 Å². The minimum atomic E-state index is -0.583. The summed E-state index contributed by atoms with van der Waals surface area (Å²) >= 11 is 0. The van der Waals surface area contributed by atoms with Crippen LogP contribution in [-0.2, 0) is 0 Å². The van der Waals surface area contributed by atoms with Gasteiger partial charge in [0.2, 0.25) is 0 Å². The summed E-state index contributed by atoms with van der Waals surface area (Å²) in [6, 6.07) is 6.97. The van der Waals surface area contributed by atoms with Gasteiger partial charge in [-0.25, -0.2) is 0 Å². The predicted octanol–water partition coefficient (Wildman–Crippen LogP) is 1.54. The van der Waals surface area contributed by atoms with Crippen molar-refractivity contribution < 1.29 is 14.6 Å². The number of carbonyl (C=O) groups excluding carboxylic acids is 1. The number of amides is 1. The summed E-state index contributed by atoms with van der Waals surface area (Å²) in [6.07, 6.45) is 0. The Kier molecular flexibility index (Phi) is 4.12. The molecular formula is C13H19NO3. The summed E-state index contributed by atoms with van der Waals surface area (Å²) in [4.78, 5) is 13.7. The lowest BCUT2D eigenvalue weighted by Gasteiger charge is -2.34. The van der Waals surface area contributed by atoms with Crippen LogP contribution in [0.1, 0.15) is 24.2 Å². The third-order valence-corrected chi connectivity index (χ3v) is 2.92. The molecule has 0 aliphatic carbocycles. The third-order valence-electron chi connectivity index (χ3n) is 2.92. The Balaban J connectivity index is 2.96. The van der Waals surface area contributed by atoms with Gasteiger partial charge in [0, 0.05) is 12.6 Å². The Hall–Kier alpha value is -1.55. The van der Waals surface area contributed by atoms with Crippen LogP contribution in [0.25, 0.3) is 0 Å². The molecule has 4 heteroatoms. The maximum absolute atomic E-state index is 12.2. The van der Waals surface area contributed by atoms with Crippen molar-refractivity contribution in [2.24, 2.45) is 0 Å². The number of nitrogens with zero attached hydrogens (tertiary/aromatic N) is 1. The number of hydrogen-bond donors (Lipinski definition) is 1. The van der Waals surface area contributed by atoms with Gasteiger partial charge in [0.05, 0.1) is 19.3 Å². The summed E-state index contributed by atoms with van der Waals surface area (Å²) in [5.74, 6) is 0.508. The molecule has 94 valence electrons. The molecule has 0 heterocycles. The standard InChI is InChI=1S/C13H19NO3/c1-13(2,9-15)14(3)12(16)10-6-5-7-11(8-10)17-4/h5-8,15H,9H2,1-4H3. The molecule has 1 aromatic carbocycles. The molecule has 0 radical (unpaired) electrons. The molecule has 0 aliphatic rings. The molecule has 0 atom stereocenters. The van der Waals surface area contributed by atoms with Crippen molar-refractivity contribution in [3.8, 4) is 5.75 Å². The largest absolute Gasteiger partial charge is 0.497 e. The van der Waals surface area contributed by atoms with Crippen molar-refractivity contribution in [1.82, 2.24) is 4.90 Å². The van der Waals surface area contributed by atoms with Crippen LogP contribution in [0.4, 0.5) is 0 Å². The number of aliphatic hydroxyl groups excluding tert-OH is 1. The monoisotopic (exact) mass is 237 g/mol. The molecule has 1 aromatic rings. The number of carbonyl (C=O) groups is 1. The lowest BCUT2D eigenvalue weighted by Crippen LogP contribution is -2.47. The highest BCUT2D eigenvalue weighted by atomic mass is 16.5. The highest BCUT2D eigenvalue weighted by Crippen LogP contribution is 2.18. The van der Waals surface area contributed by atoms with Gasteiger partial charge in [-0.1, -0.05) is 6.07 Å². The molecule has 0 saturated heterocycles. The van der Waals surface area contributed by atoms with E-state index in [2.05, 4.69) is 0 Å². The van der Waals surface area contributed by atoms with Gasteiger partial charge in [0.1, 0.15) is 5.75 Å². The molecule has 1 amide bonds. The van der Waals surface area contributed by atoms with E-state index in [-0.39, 0.29) is 12.5 Å². The van der Waals surface area contributed by atoms with Gasteiger partial charge in [0.25, 0.3) is 5.91 Å². The minimum Gasteiger partial charge on any atom is -0.497 e. The van der Waals surface area contributed by atoms with Crippen molar-refractivity contribution in [2.45, 2.75) is 19.4 Å². The third kappa shape index (κ3) is 2.97. The smallest absolute Gasteiger partial charge is 0.254 e. The number of aliphatic hydroxyl groups is 1. The average Bonchev–Trinajstić information content (AvgIpc) is 2.37. The topological polar surface area (TPSA) is 49.8 Å². The number of methoxy groups -OCH3 is 1. The quantitative estimate of drug-likeness (QED) is 0.864. The minimum absolute atomic E-state index is 0.0841. The first-order chi connectivity index (χ1) is 7.92. The first kappa shape index (κ1) is 13.5. The molecule has 1 rings (SSSR count). The SMILES string of the molecule is COc1cccc(C(=O)N(C)C(C)(C)CO)c1. The molecule has 17 heavy (non-hydrogen) atoms. The van der Waals surface area contributed by atoms with Gasteiger partial charge >= 0.3 is 0 Å². The van der Waals surface area contributed by atoms with Gasteiger partial charge in [0.15, 0.2) is 0 Å². The van der Waals surface area contributed by atoms with Crippen LogP contribution in [-0.4, -0.2) is 42.2 Å². The van der Waals surface area contributed by atoms with E-state index in [0.717, 1.165) is 0 Å². The second-order valence-electron chi connectivity index (χ2n) is 4.57. The van der Waals surface area contributed by atoms with Crippen LogP contribution >= 0.6 is 0 Å². The lowest BCUT2D eigenvalue weighted by atomic mass is 10.0. The zero-order chi connectivity index (χ0) is 13.1. The average molecular weight is 237 g/mol. The van der Waals surface area contributed by atoms with E-state index in [9.17, 15) is 9.90 Å². The molecule has 0 unspecified atom stereocenters. The maximum Gasteiger partial charge on any atom is 0.254 e. The Morgan fingerprint density at radius 3 is 2.65 bits per heavy atom. The Morgan fingerprint density at radius 1 is 1.47 bits per heavy atom. The normalized spacial score (nSPS) is 11.1. The molecule has 1 N–H and O–H groups in total. The highest BCUT2D eigenvalue weighted by Gasteiger charge is 2.27. The van der Waals surface area contributed by atoms with Gasteiger partial charge < -0.3 is 14.7 Å². The summed E-state index contributed by atoms with van der Waals surface area (Å²) in [5, 5.41) is 9.24. The van der Waals surface area contributed by atoms with E-state index >= 15 is 0 Å². The number of ether oxygens (including phenoxy) is 1. The lowest BCUT2D eigenvalue weighted by molar-refractivity contribution is 0.0473. The molecular weight excluding hydrogens is 218 g/mol.